The molecule has 0 bridgehead atoms. The first-order chi connectivity index (χ1) is 7.00. The lowest BCUT2D eigenvalue weighted by Crippen LogP contribution is -2.30. The molecule has 1 aliphatic rings. The summed E-state index contributed by atoms with van der Waals surface area (Å²) in [5, 5.41) is 0. The highest BCUT2D eigenvalue weighted by Crippen LogP contribution is 2.32. The van der Waals surface area contributed by atoms with Crippen LogP contribution in [0.5, 0.6) is 0 Å². The first kappa shape index (κ1) is 10.4. The molecule has 1 heterocycles. The topological polar surface area (TPSA) is 26.3 Å². The van der Waals surface area contributed by atoms with E-state index in [2.05, 4.69) is 19.9 Å². The molecule has 1 aliphatic heterocycles. The van der Waals surface area contributed by atoms with Gasteiger partial charge in [-0.05, 0) is 24.1 Å². The fourth-order valence-corrected chi connectivity index (χ4v) is 2.09. The van der Waals surface area contributed by atoms with Gasteiger partial charge in [-0.2, -0.15) is 0 Å². The number of benzene rings is 1. The highest BCUT2D eigenvalue weighted by atomic mass is 16.5. The van der Waals surface area contributed by atoms with Crippen molar-refractivity contribution in [2.24, 2.45) is 0 Å². The maximum Gasteiger partial charge on any atom is 0.159 e. The molecule has 15 heavy (non-hydrogen) atoms. The van der Waals surface area contributed by atoms with Gasteiger partial charge in [0.1, 0.15) is 0 Å². The molecular weight excluding hydrogens is 188 g/mol. The molecule has 0 spiro atoms. The molecule has 0 N–H and O–H groups in total. The Bertz CT molecular complexity index is 405. The average molecular weight is 204 g/mol. The summed E-state index contributed by atoms with van der Waals surface area (Å²) in [5.74, 6) is 0.112. The predicted octanol–water partition coefficient (Wildman–Crippen LogP) is 2.70. The lowest BCUT2D eigenvalue weighted by molar-refractivity contribution is 0.0641. The van der Waals surface area contributed by atoms with Gasteiger partial charge in [-0.25, -0.2) is 0 Å². The molecular formula is C13H16O2. The van der Waals surface area contributed by atoms with Gasteiger partial charge < -0.3 is 4.74 Å². The second-order valence-electron chi connectivity index (χ2n) is 4.80. The number of carbonyl (C=O) groups excluding carboxylic acids is 1. The number of carbonyl (C=O) groups is 1. The molecule has 80 valence electrons. The summed E-state index contributed by atoms with van der Waals surface area (Å²) in [7, 11) is 0. The van der Waals surface area contributed by atoms with Crippen LogP contribution in [0.2, 0.25) is 0 Å². The van der Waals surface area contributed by atoms with Crippen LogP contribution in [0.4, 0.5) is 0 Å². The first-order valence-corrected chi connectivity index (χ1v) is 5.23. The lowest BCUT2D eigenvalue weighted by Gasteiger charge is -2.32. The van der Waals surface area contributed by atoms with Gasteiger partial charge >= 0.3 is 0 Å². The van der Waals surface area contributed by atoms with Gasteiger partial charge in [-0.1, -0.05) is 26.0 Å². The van der Waals surface area contributed by atoms with Crippen molar-refractivity contribution in [1.29, 1.82) is 0 Å². The third-order valence-corrected chi connectivity index (χ3v) is 2.96. The standard InChI is InChI=1S/C13H16O2/c1-9(14)10-4-5-12-11(6-10)7-15-8-13(12,2)3/h4-6H,7-8H2,1-3H3. The smallest absolute Gasteiger partial charge is 0.159 e. The van der Waals surface area contributed by atoms with E-state index in [1.165, 1.54) is 5.56 Å². The molecule has 0 amide bonds. The zero-order valence-corrected chi connectivity index (χ0v) is 9.46. The van der Waals surface area contributed by atoms with E-state index in [4.69, 9.17) is 4.74 Å². The molecule has 2 heteroatoms. The van der Waals surface area contributed by atoms with Crippen molar-refractivity contribution in [3.05, 3.63) is 34.9 Å². The molecule has 0 saturated carbocycles. The van der Waals surface area contributed by atoms with E-state index in [9.17, 15) is 4.79 Å². The van der Waals surface area contributed by atoms with Gasteiger partial charge in [0.2, 0.25) is 0 Å². The fraction of sp³-hybridized carbons (Fsp3) is 0.462. The molecule has 1 aromatic rings. The number of fused-ring (bicyclic) bond motifs is 1. The van der Waals surface area contributed by atoms with Crippen molar-refractivity contribution in [3.63, 3.8) is 0 Å². The third-order valence-electron chi connectivity index (χ3n) is 2.96. The Labute approximate surface area is 90.3 Å². The normalized spacial score (nSPS) is 18.3. The second kappa shape index (κ2) is 3.46. The number of ketones is 1. The van der Waals surface area contributed by atoms with Crippen molar-refractivity contribution in [2.45, 2.75) is 32.8 Å². The zero-order valence-electron chi connectivity index (χ0n) is 9.46. The van der Waals surface area contributed by atoms with Crippen LogP contribution in [0, 0.1) is 0 Å². The Morgan fingerprint density at radius 1 is 1.40 bits per heavy atom. The van der Waals surface area contributed by atoms with Gasteiger partial charge in [-0.15, -0.1) is 0 Å². The van der Waals surface area contributed by atoms with E-state index in [-0.39, 0.29) is 11.2 Å². The van der Waals surface area contributed by atoms with E-state index in [0.717, 1.165) is 17.7 Å². The van der Waals surface area contributed by atoms with Crippen molar-refractivity contribution < 1.29 is 9.53 Å². The van der Waals surface area contributed by atoms with E-state index < -0.39 is 0 Å². The Balaban J connectivity index is 2.50. The minimum atomic E-state index is 0.0584. The summed E-state index contributed by atoms with van der Waals surface area (Å²) >= 11 is 0. The van der Waals surface area contributed by atoms with Gasteiger partial charge in [0.25, 0.3) is 0 Å². The number of rotatable bonds is 1. The minimum absolute atomic E-state index is 0.0584. The van der Waals surface area contributed by atoms with Crippen molar-refractivity contribution in [3.8, 4) is 0 Å². The fourth-order valence-electron chi connectivity index (χ4n) is 2.09. The summed E-state index contributed by atoms with van der Waals surface area (Å²) < 4.78 is 5.53. The highest BCUT2D eigenvalue weighted by Gasteiger charge is 2.28. The molecule has 0 radical (unpaired) electrons. The highest BCUT2D eigenvalue weighted by molar-refractivity contribution is 5.94. The average Bonchev–Trinajstić information content (AvgIpc) is 2.16. The quantitative estimate of drug-likeness (QED) is 0.657. The van der Waals surface area contributed by atoms with Crippen LogP contribution in [-0.2, 0) is 16.8 Å². The Morgan fingerprint density at radius 3 is 2.80 bits per heavy atom. The second-order valence-corrected chi connectivity index (χ2v) is 4.80. The van der Waals surface area contributed by atoms with Crippen molar-refractivity contribution in [1.82, 2.24) is 0 Å². The van der Waals surface area contributed by atoms with E-state index in [0.29, 0.717) is 6.61 Å². The van der Waals surface area contributed by atoms with Gasteiger partial charge in [0.15, 0.2) is 5.78 Å². The molecule has 2 nitrogen and oxygen atoms in total. The van der Waals surface area contributed by atoms with E-state index in [1.807, 2.05) is 12.1 Å². The maximum atomic E-state index is 11.3. The number of Topliss-reactive ketones (excluding diaryl/α,β-unsaturated/α-hetero) is 1. The molecule has 0 saturated heterocycles. The molecule has 0 atom stereocenters. The first-order valence-electron chi connectivity index (χ1n) is 5.23. The molecule has 2 rings (SSSR count). The van der Waals surface area contributed by atoms with Crippen LogP contribution in [0.25, 0.3) is 0 Å². The number of hydrogen-bond acceptors (Lipinski definition) is 2. The van der Waals surface area contributed by atoms with Gasteiger partial charge in [0, 0.05) is 11.0 Å². The van der Waals surface area contributed by atoms with Crippen LogP contribution in [0.1, 0.15) is 42.3 Å². The number of ether oxygens (including phenoxy) is 1. The van der Waals surface area contributed by atoms with Gasteiger partial charge in [-0.3, -0.25) is 4.79 Å². The Kier molecular flexibility index (Phi) is 2.39. The van der Waals surface area contributed by atoms with Crippen LogP contribution < -0.4 is 0 Å². The van der Waals surface area contributed by atoms with Crippen LogP contribution >= 0.6 is 0 Å². The Morgan fingerprint density at radius 2 is 2.13 bits per heavy atom. The van der Waals surface area contributed by atoms with E-state index in [1.54, 1.807) is 6.92 Å². The van der Waals surface area contributed by atoms with Crippen molar-refractivity contribution in [2.75, 3.05) is 6.61 Å². The molecule has 0 unspecified atom stereocenters. The summed E-state index contributed by atoms with van der Waals surface area (Å²) in [6.45, 7) is 7.30. The molecule has 0 aromatic heterocycles. The summed E-state index contributed by atoms with van der Waals surface area (Å²) in [6.07, 6.45) is 0. The SMILES string of the molecule is CC(=O)c1ccc2c(c1)COCC2(C)C. The summed E-state index contributed by atoms with van der Waals surface area (Å²) in [4.78, 5) is 11.3. The minimum Gasteiger partial charge on any atom is -0.376 e. The van der Waals surface area contributed by atoms with Gasteiger partial charge in [0.05, 0.1) is 13.2 Å². The third kappa shape index (κ3) is 1.82. The predicted molar refractivity (Wildman–Crippen MR) is 59.1 cm³/mol. The van der Waals surface area contributed by atoms with Crippen molar-refractivity contribution >= 4 is 5.78 Å². The largest absolute Gasteiger partial charge is 0.376 e. The van der Waals surface area contributed by atoms with Crippen LogP contribution in [-0.4, -0.2) is 12.4 Å². The summed E-state index contributed by atoms with van der Waals surface area (Å²) in [6, 6.07) is 5.93. The molecule has 1 aromatic carbocycles. The zero-order chi connectivity index (χ0) is 11.1. The maximum absolute atomic E-state index is 11.3. The Hall–Kier alpha value is -1.15. The summed E-state index contributed by atoms with van der Waals surface area (Å²) in [5.41, 5.74) is 3.29. The molecule has 0 fully saturated rings. The molecule has 0 aliphatic carbocycles. The van der Waals surface area contributed by atoms with E-state index >= 15 is 0 Å². The van der Waals surface area contributed by atoms with Crippen LogP contribution in [0.3, 0.4) is 0 Å². The number of hydrogen-bond donors (Lipinski definition) is 0. The lowest BCUT2D eigenvalue weighted by atomic mass is 9.80. The monoisotopic (exact) mass is 204 g/mol. The van der Waals surface area contributed by atoms with Crippen LogP contribution in [0.15, 0.2) is 18.2 Å².